The van der Waals surface area contributed by atoms with Crippen molar-refractivity contribution in [2.24, 2.45) is 5.73 Å². The maximum Gasteiger partial charge on any atom is 0.00398 e. The van der Waals surface area contributed by atoms with Gasteiger partial charge in [0.15, 0.2) is 0 Å². The van der Waals surface area contributed by atoms with Crippen LogP contribution >= 0.6 is 0 Å². The van der Waals surface area contributed by atoms with Crippen molar-refractivity contribution < 1.29 is 0 Å². The van der Waals surface area contributed by atoms with Gasteiger partial charge in [0.25, 0.3) is 0 Å². The smallest absolute Gasteiger partial charge is 0.00398 e. The number of rotatable bonds is 11. The quantitative estimate of drug-likeness (QED) is 0.483. The fourth-order valence-electron chi connectivity index (χ4n) is 1.96. The molecule has 0 amide bonds. The summed E-state index contributed by atoms with van der Waals surface area (Å²) in [7, 11) is 0. The molecule has 0 bridgehead atoms. The zero-order chi connectivity index (χ0) is 12.1. The highest BCUT2D eigenvalue weighted by Gasteiger charge is 1.91. The van der Waals surface area contributed by atoms with Gasteiger partial charge in [-0.25, -0.2) is 0 Å². The van der Waals surface area contributed by atoms with Crippen molar-refractivity contribution in [3.05, 3.63) is 11.8 Å². The van der Waals surface area contributed by atoms with Gasteiger partial charge in [0.2, 0.25) is 0 Å². The van der Waals surface area contributed by atoms with Crippen molar-refractivity contribution in [2.75, 3.05) is 0 Å². The van der Waals surface area contributed by atoms with Crippen molar-refractivity contribution in [3.63, 3.8) is 0 Å². The molecule has 0 fully saturated rings. The molecule has 0 aliphatic heterocycles. The standard InChI is InChI=1S/C15H31N/c1-3-5-6-7-8-9-10-11-12-14-15(16)13-4-2/h14H,3-13,16H2,1-2H3. The molecule has 0 aromatic rings. The number of unbranched alkanes of at least 4 members (excludes halogenated alkanes) is 8. The maximum absolute atomic E-state index is 5.84. The third kappa shape index (κ3) is 11.6. The van der Waals surface area contributed by atoms with E-state index in [0.29, 0.717) is 0 Å². The molecule has 16 heavy (non-hydrogen) atoms. The predicted octanol–water partition coefficient (Wildman–Crippen LogP) is 5.16. The molecular formula is C15H31N. The summed E-state index contributed by atoms with van der Waals surface area (Å²) in [5, 5.41) is 0. The largest absolute Gasteiger partial charge is 0.402 e. The molecule has 0 aromatic heterocycles. The molecule has 0 rings (SSSR count). The Bertz CT molecular complexity index is 161. The van der Waals surface area contributed by atoms with Crippen molar-refractivity contribution in [3.8, 4) is 0 Å². The Labute approximate surface area is 102 Å². The highest BCUT2D eigenvalue weighted by Crippen LogP contribution is 2.10. The van der Waals surface area contributed by atoms with Gasteiger partial charge in [0, 0.05) is 5.70 Å². The first kappa shape index (κ1) is 15.5. The Morgan fingerprint density at radius 1 is 0.812 bits per heavy atom. The van der Waals surface area contributed by atoms with Crippen LogP contribution in [0.15, 0.2) is 11.8 Å². The summed E-state index contributed by atoms with van der Waals surface area (Å²) in [5.41, 5.74) is 6.93. The van der Waals surface area contributed by atoms with E-state index in [0.717, 1.165) is 12.1 Å². The summed E-state index contributed by atoms with van der Waals surface area (Å²) in [5.74, 6) is 0. The van der Waals surface area contributed by atoms with Crippen LogP contribution < -0.4 is 5.73 Å². The first-order chi connectivity index (χ1) is 7.81. The molecule has 0 saturated heterocycles. The lowest BCUT2D eigenvalue weighted by Crippen LogP contribution is -1.95. The van der Waals surface area contributed by atoms with E-state index >= 15 is 0 Å². The second-order valence-corrected chi connectivity index (χ2v) is 4.79. The van der Waals surface area contributed by atoms with Gasteiger partial charge in [-0.3, -0.25) is 0 Å². The molecule has 0 radical (unpaired) electrons. The molecular weight excluding hydrogens is 194 g/mol. The maximum atomic E-state index is 5.84. The second-order valence-electron chi connectivity index (χ2n) is 4.79. The fraction of sp³-hybridized carbons (Fsp3) is 0.867. The zero-order valence-corrected chi connectivity index (χ0v) is 11.4. The summed E-state index contributed by atoms with van der Waals surface area (Å²) in [6, 6.07) is 0. The lowest BCUT2D eigenvalue weighted by molar-refractivity contribution is 0.577. The molecule has 0 saturated carbocycles. The Balaban J connectivity index is 3.12. The van der Waals surface area contributed by atoms with Crippen LogP contribution in [0.1, 0.15) is 84.5 Å². The monoisotopic (exact) mass is 225 g/mol. The number of nitrogens with two attached hydrogens (primary N) is 1. The van der Waals surface area contributed by atoms with Gasteiger partial charge in [-0.05, 0) is 19.3 Å². The van der Waals surface area contributed by atoms with Crippen molar-refractivity contribution >= 4 is 0 Å². The average molecular weight is 225 g/mol. The summed E-state index contributed by atoms with van der Waals surface area (Å²) in [6.45, 7) is 4.45. The lowest BCUT2D eigenvalue weighted by Gasteiger charge is -2.01. The predicted molar refractivity (Wildman–Crippen MR) is 74.4 cm³/mol. The summed E-state index contributed by atoms with van der Waals surface area (Å²) < 4.78 is 0. The Morgan fingerprint density at radius 3 is 1.94 bits per heavy atom. The normalized spacial score (nSPS) is 12.0. The molecule has 0 aliphatic rings. The SMILES string of the molecule is CCCCCCCCCCC=C(N)CCC. The molecule has 0 heterocycles. The van der Waals surface area contributed by atoms with Crippen LogP contribution in [0.2, 0.25) is 0 Å². The Hall–Kier alpha value is -0.460. The summed E-state index contributed by atoms with van der Waals surface area (Å²) >= 11 is 0. The molecule has 0 unspecified atom stereocenters. The first-order valence-electron chi connectivity index (χ1n) is 7.25. The van der Waals surface area contributed by atoms with Crippen molar-refractivity contribution in [2.45, 2.75) is 84.5 Å². The van der Waals surface area contributed by atoms with E-state index in [1.165, 1.54) is 64.2 Å². The molecule has 2 N–H and O–H groups in total. The molecule has 0 aliphatic carbocycles. The molecule has 1 heteroatoms. The van der Waals surface area contributed by atoms with Gasteiger partial charge in [-0.15, -0.1) is 0 Å². The van der Waals surface area contributed by atoms with E-state index in [1.807, 2.05) is 0 Å². The fourth-order valence-corrected chi connectivity index (χ4v) is 1.96. The lowest BCUT2D eigenvalue weighted by atomic mass is 10.1. The topological polar surface area (TPSA) is 26.0 Å². The second kappa shape index (κ2) is 12.6. The average Bonchev–Trinajstić information content (AvgIpc) is 2.27. The van der Waals surface area contributed by atoms with E-state index < -0.39 is 0 Å². The minimum atomic E-state index is 1.07. The van der Waals surface area contributed by atoms with Crippen LogP contribution in [0.3, 0.4) is 0 Å². The van der Waals surface area contributed by atoms with Crippen LogP contribution in [0, 0.1) is 0 Å². The zero-order valence-electron chi connectivity index (χ0n) is 11.4. The van der Waals surface area contributed by atoms with E-state index in [-0.39, 0.29) is 0 Å². The third-order valence-electron chi connectivity index (χ3n) is 3.00. The third-order valence-corrected chi connectivity index (χ3v) is 3.00. The van der Waals surface area contributed by atoms with Crippen molar-refractivity contribution in [1.29, 1.82) is 0 Å². The van der Waals surface area contributed by atoms with Crippen LogP contribution in [0.4, 0.5) is 0 Å². The number of allylic oxidation sites excluding steroid dienone is 2. The van der Waals surface area contributed by atoms with Gasteiger partial charge in [-0.2, -0.15) is 0 Å². The van der Waals surface area contributed by atoms with Crippen LogP contribution in [0.25, 0.3) is 0 Å². The van der Waals surface area contributed by atoms with Gasteiger partial charge < -0.3 is 5.73 Å². The minimum Gasteiger partial charge on any atom is -0.402 e. The molecule has 96 valence electrons. The molecule has 0 aromatic carbocycles. The molecule has 0 atom stereocenters. The van der Waals surface area contributed by atoms with Gasteiger partial charge in [-0.1, -0.05) is 71.3 Å². The van der Waals surface area contributed by atoms with E-state index in [2.05, 4.69) is 19.9 Å². The van der Waals surface area contributed by atoms with Crippen LogP contribution in [0.5, 0.6) is 0 Å². The summed E-state index contributed by atoms with van der Waals surface area (Å²) in [6.07, 6.45) is 16.8. The molecule has 0 spiro atoms. The van der Waals surface area contributed by atoms with Crippen LogP contribution in [-0.2, 0) is 0 Å². The van der Waals surface area contributed by atoms with E-state index in [1.54, 1.807) is 0 Å². The van der Waals surface area contributed by atoms with Gasteiger partial charge in [0.05, 0.1) is 0 Å². The van der Waals surface area contributed by atoms with Crippen LogP contribution in [-0.4, -0.2) is 0 Å². The Morgan fingerprint density at radius 2 is 1.38 bits per heavy atom. The van der Waals surface area contributed by atoms with E-state index in [9.17, 15) is 0 Å². The summed E-state index contributed by atoms with van der Waals surface area (Å²) in [4.78, 5) is 0. The number of hydrogen-bond acceptors (Lipinski definition) is 1. The highest BCUT2D eigenvalue weighted by molar-refractivity contribution is 4.95. The number of hydrogen-bond donors (Lipinski definition) is 1. The highest BCUT2D eigenvalue weighted by atomic mass is 14.6. The van der Waals surface area contributed by atoms with Gasteiger partial charge in [0.1, 0.15) is 0 Å². The van der Waals surface area contributed by atoms with Crippen molar-refractivity contribution in [1.82, 2.24) is 0 Å². The molecule has 1 nitrogen and oxygen atoms in total. The van der Waals surface area contributed by atoms with E-state index in [4.69, 9.17) is 5.73 Å². The van der Waals surface area contributed by atoms with Gasteiger partial charge >= 0.3 is 0 Å². The minimum absolute atomic E-state index is 1.07. The Kier molecular flexibility index (Phi) is 12.2. The first-order valence-corrected chi connectivity index (χ1v) is 7.25.